The van der Waals surface area contributed by atoms with E-state index in [9.17, 15) is 22.0 Å². The van der Waals surface area contributed by atoms with Crippen LogP contribution in [0.2, 0.25) is 0 Å². The zero-order valence-corrected chi connectivity index (χ0v) is 8.95. The van der Waals surface area contributed by atoms with E-state index in [-0.39, 0.29) is 18.3 Å². The number of alkyl halides is 2. The molecule has 0 aromatic heterocycles. The second-order valence-electron chi connectivity index (χ2n) is 4.24. The van der Waals surface area contributed by atoms with E-state index in [4.69, 9.17) is 4.55 Å². The van der Waals surface area contributed by atoms with Crippen molar-refractivity contribution in [2.24, 2.45) is 17.8 Å². The zero-order chi connectivity index (χ0) is 12.1. The molecule has 2 bridgehead atoms. The van der Waals surface area contributed by atoms with Crippen molar-refractivity contribution in [2.45, 2.75) is 18.1 Å². The highest BCUT2D eigenvalue weighted by Gasteiger charge is 2.57. The van der Waals surface area contributed by atoms with E-state index >= 15 is 0 Å². The molecule has 0 amide bonds. The van der Waals surface area contributed by atoms with Crippen LogP contribution < -0.4 is 0 Å². The standard InChI is InChI=1S/C9H10F2O4S/c10-9(11,16(13,14)15)8(12)7-4-5-1-2-6(7)3-5/h1-2,5-7H,3-4H2,(H,13,14,15). The van der Waals surface area contributed by atoms with Crippen LogP contribution in [0.1, 0.15) is 12.8 Å². The van der Waals surface area contributed by atoms with E-state index in [0.717, 1.165) is 0 Å². The Kier molecular flexibility index (Phi) is 2.43. The van der Waals surface area contributed by atoms with Crippen LogP contribution in [-0.4, -0.2) is 24.0 Å². The third-order valence-corrected chi connectivity index (χ3v) is 4.08. The summed E-state index contributed by atoms with van der Waals surface area (Å²) in [6.45, 7) is 0. The Morgan fingerprint density at radius 3 is 2.31 bits per heavy atom. The molecular weight excluding hydrogens is 242 g/mol. The molecule has 1 N–H and O–H groups in total. The molecule has 7 heteroatoms. The molecule has 1 fully saturated rings. The van der Waals surface area contributed by atoms with Crippen LogP contribution in [0.3, 0.4) is 0 Å². The molecule has 0 aliphatic heterocycles. The highest BCUT2D eigenvalue weighted by atomic mass is 32.2. The number of carbonyl (C=O) groups is 1. The lowest BCUT2D eigenvalue weighted by Crippen LogP contribution is -2.42. The normalized spacial score (nSPS) is 33.3. The lowest BCUT2D eigenvalue weighted by Gasteiger charge is -2.20. The first kappa shape index (κ1) is 11.7. The average Bonchev–Trinajstić information content (AvgIpc) is 2.75. The number of hydrogen-bond acceptors (Lipinski definition) is 3. The molecule has 16 heavy (non-hydrogen) atoms. The first-order valence-electron chi connectivity index (χ1n) is 4.81. The Balaban J connectivity index is 2.24. The van der Waals surface area contributed by atoms with E-state index in [2.05, 4.69) is 0 Å². The van der Waals surface area contributed by atoms with E-state index in [1.165, 1.54) is 0 Å². The van der Waals surface area contributed by atoms with Gasteiger partial charge in [0.15, 0.2) is 0 Å². The van der Waals surface area contributed by atoms with Gasteiger partial charge in [0.2, 0.25) is 5.78 Å². The summed E-state index contributed by atoms with van der Waals surface area (Å²) in [6, 6.07) is 0. The van der Waals surface area contributed by atoms with Crippen LogP contribution in [0.4, 0.5) is 8.78 Å². The van der Waals surface area contributed by atoms with Crippen molar-refractivity contribution in [3.05, 3.63) is 12.2 Å². The van der Waals surface area contributed by atoms with Crippen molar-refractivity contribution in [1.82, 2.24) is 0 Å². The van der Waals surface area contributed by atoms with Crippen molar-refractivity contribution in [3.63, 3.8) is 0 Å². The second kappa shape index (κ2) is 3.33. The maximum Gasteiger partial charge on any atom is 0.427 e. The Labute approximate surface area is 91.1 Å². The number of halogens is 2. The quantitative estimate of drug-likeness (QED) is 0.606. The Morgan fingerprint density at radius 2 is 1.94 bits per heavy atom. The summed E-state index contributed by atoms with van der Waals surface area (Å²) in [4.78, 5) is 11.4. The molecule has 0 aromatic carbocycles. The summed E-state index contributed by atoms with van der Waals surface area (Å²) in [7, 11) is -5.66. The van der Waals surface area contributed by atoms with Crippen LogP contribution in [0.25, 0.3) is 0 Å². The molecule has 0 saturated heterocycles. The Bertz CT molecular complexity index is 454. The van der Waals surface area contributed by atoms with Crippen LogP contribution in [0, 0.1) is 17.8 Å². The van der Waals surface area contributed by atoms with Crippen molar-refractivity contribution >= 4 is 15.9 Å². The molecule has 4 nitrogen and oxygen atoms in total. The van der Waals surface area contributed by atoms with Gasteiger partial charge in [-0.1, -0.05) is 12.2 Å². The molecule has 2 aliphatic rings. The summed E-state index contributed by atoms with van der Waals surface area (Å²) >= 11 is 0. The summed E-state index contributed by atoms with van der Waals surface area (Å²) in [6.07, 6.45) is 4.36. The number of hydrogen-bond donors (Lipinski definition) is 1. The van der Waals surface area contributed by atoms with Gasteiger partial charge in [0.05, 0.1) is 0 Å². The molecule has 2 aliphatic carbocycles. The van der Waals surface area contributed by atoms with Crippen molar-refractivity contribution < 1.29 is 26.5 Å². The third-order valence-electron chi connectivity index (χ3n) is 3.23. The number of carbonyl (C=O) groups excluding carboxylic acids is 1. The van der Waals surface area contributed by atoms with Gasteiger partial charge in [-0.2, -0.15) is 17.2 Å². The van der Waals surface area contributed by atoms with Crippen molar-refractivity contribution in [1.29, 1.82) is 0 Å². The largest absolute Gasteiger partial charge is 0.427 e. The summed E-state index contributed by atoms with van der Waals surface area (Å²) in [5.41, 5.74) is 0. The molecule has 0 heterocycles. The van der Waals surface area contributed by atoms with Crippen LogP contribution in [-0.2, 0) is 14.9 Å². The molecule has 3 atom stereocenters. The van der Waals surface area contributed by atoms with Gasteiger partial charge in [-0.25, -0.2) is 0 Å². The minimum Gasteiger partial charge on any atom is -0.291 e. The van der Waals surface area contributed by atoms with Gasteiger partial charge in [-0.15, -0.1) is 0 Å². The molecule has 90 valence electrons. The predicted molar refractivity (Wildman–Crippen MR) is 50.3 cm³/mol. The fraction of sp³-hybridized carbons (Fsp3) is 0.667. The third kappa shape index (κ3) is 1.58. The SMILES string of the molecule is O=C(C1CC2C=CC1C2)C(F)(F)S(=O)(=O)O. The van der Waals surface area contributed by atoms with Gasteiger partial charge in [0, 0.05) is 5.92 Å². The Hall–Kier alpha value is -0.820. The van der Waals surface area contributed by atoms with Gasteiger partial charge in [0.25, 0.3) is 0 Å². The van der Waals surface area contributed by atoms with Crippen molar-refractivity contribution in [2.75, 3.05) is 0 Å². The highest BCUT2D eigenvalue weighted by molar-refractivity contribution is 7.87. The lowest BCUT2D eigenvalue weighted by molar-refractivity contribution is -0.138. The minimum absolute atomic E-state index is 0.0798. The molecule has 0 radical (unpaired) electrons. The lowest BCUT2D eigenvalue weighted by atomic mass is 9.90. The predicted octanol–water partition coefficient (Wildman–Crippen LogP) is 1.25. The average molecular weight is 252 g/mol. The number of rotatable bonds is 3. The van der Waals surface area contributed by atoms with E-state index in [1.54, 1.807) is 6.08 Å². The molecule has 0 aromatic rings. The van der Waals surface area contributed by atoms with Gasteiger partial charge >= 0.3 is 15.4 Å². The number of ketones is 1. The van der Waals surface area contributed by atoms with Gasteiger partial charge in [0.1, 0.15) is 0 Å². The fourth-order valence-corrected chi connectivity index (χ4v) is 2.83. The molecule has 3 unspecified atom stereocenters. The number of allylic oxidation sites excluding steroid dienone is 2. The van der Waals surface area contributed by atoms with Crippen LogP contribution in [0.15, 0.2) is 12.2 Å². The van der Waals surface area contributed by atoms with Crippen molar-refractivity contribution in [3.8, 4) is 0 Å². The second-order valence-corrected chi connectivity index (χ2v) is 5.71. The summed E-state index contributed by atoms with van der Waals surface area (Å²) in [5.74, 6) is -2.92. The molecule has 1 saturated carbocycles. The number of fused-ring (bicyclic) bond motifs is 2. The first-order valence-corrected chi connectivity index (χ1v) is 6.25. The summed E-state index contributed by atoms with van der Waals surface area (Å²) in [5, 5.41) is -4.68. The maximum absolute atomic E-state index is 13.1. The van der Waals surface area contributed by atoms with Crippen LogP contribution >= 0.6 is 0 Å². The number of Topliss-reactive ketones (excluding diaryl/α,β-unsaturated/α-hetero) is 1. The van der Waals surface area contributed by atoms with Gasteiger partial charge < -0.3 is 0 Å². The zero-order valence-electron chi connectivity index (χ0n) is 8.14. The smallest absolute Gasteiger partial charge is 0.291 e. The van der Waals surface area contributed by atoms with Gasteiger partial charge in [-0.3, -0.25) is 9.35 Å². The topological polar surface area (TPSA) is 71.4 Å². The van der Waals surface area contributed by atoms with E-state index < -0.39 is 27.1 Å². The molecule has 2 rings (SSSR count). The van der Waals surface area contributed by atoms with Crippen LogP contribution in [0.5, 0.6) is 0 Å². The fourth-order valence-electron chi connectivity index (χ4n) is 2.43. The summed E-state index contributed by atoms with van der Waals surface area (Å²) < 4.78 is 55.4. The molecule has 0 spiro atoms. The van der Waals surface area contributed by atoms with Gasteiger partial charge in [-0.05, 0) is 24.7 Å². The minimum atomic E-state index is -5.66. The molecular formula is C9H10F2O4S. The maximum atomic E-state index is 13.1. The monoisotopic (exact) mass is 252 g/mol. The van der Waals surface area contributed by atoms with E-state index in [0.29, 0.717) is 6.42 Å². The first-order chi connectivity index (χ1) is 7.23. The Morgan fingerprint density at radius 1 is 1.31 bits per heavy atom. The van der Waals surface area contributed by atoms with E-state index in [1.807, 2.05) is 6.08 Å². The highest BCUT2D eigenvalue weighted by Crippen LogP contribution is 2.46.